The number of rotatable bonds is 9. The number of imidazole rings is 1. The number of nitrogens with zero attached hydrogens (tertiary/aromatic N) is 5. The van der Waals surface area contributed by atoms with Gasteiger partial charge in [0.05, 0.1) is 11.0 Å². The van der Waals surface area contributed by atoms with Crippen molar-refractivity contribution in [2.45, 2.75) is 19.8 Å². The highest BCUT2D eigenvalue weighted by Gasteiger charge is 2.17. The van der Waals surface area contributed by atoms with E-state index in [1.54, 1.807) is 0 Å². The summed E-state index contributed by atoms with van der Waals surface area (Å²) in [4.78, 5) is 24.0. The van der Waals surface area contributed by atoms with Gasteiger partial charge in [0.25, 0.3) is 5.91 Å². The van der Waals surface area contributed by atoms with E-state index in [4.69, 9.17) is 0 Å². The fourth-order valence-electron chi connectivity index (χ4n) is 3.11. The highest BCUT2D eigenvalue weighted by atomic mass is 16.2. The maximum absolute atomic E-state index is 13.1. The van der Waals surface area contributed by atoms with Crippen molar-refractivity contribution in [3.63, 3.8) is 0 Å². The molecule has 0 saturated heterocycles. The van der Waals surface area contributed by atoms with Crippen molar-refractivity contribution in [2.24, 2.45) is 7.05 Å². The van der Waals surface area contributed by atoms with Gasteiger partial charge in [-0.1, -0.05) is 0 Å². The van der Waals surface area contributed by atoms with Crippen molar-refractivity contribution in [1.82, 2.24) is 24.3 Å². The Bertz CT molecular complexity index is 721. The van der Waals surface area contributed by atoms with Crippen LogP contribution in [0.3, 0.4) is 0 Å². The molecule has 0 aliphatic rings. The average Bonchev–Trinajstić information content (AvgIpc) is 2.86. The normalized spacial score (nSPS) is 11.7. The molecule has 0 unspecified atom stereocenters. The SMILES string of the molecule is Cc1nc2cc(C(=O)N(CCCN(C)C)CCCN(C)C)ccc2n1C. The van der Waals surface area contributed by atoms with Crippen LogP contribution in [0.25, 0.3) is 11.0 Å². The van der Waals surface area contributed by atoms with Gasteiger partial charge in [0, 0.05) is 25.7 Å². The monoisotopic (exact) mass is 359 g/mol. The number of aryl methyl sites for hydroxylation is 2. The summed E-state index contributed by atoms with van der Waals surface area (Å²) in [5.41, 5.74) is 2.67. The van der Waals surface area contributed by atoms with E-state index in [1.165, 1.54) is 0 Å². The molecule has 0 fully saturated rings. The topological polar surface area (TPSA) is 44.6 Å². The number of benzene rings is 1. The van der Waals surface area contributed by atoms with Crippen LogP contribution in [0.2, 0.25) is 0 Å². The number of hydrogen-bond acceptors (Lipinski definition) is 4. The molecule has 1 aromatic carbocycles. The summed E-state index contributed by atoms with van der Waals surface area (Å²) in [5, 5.41) is 0. The third kappa shape index (κ3) is 5.29. The summed E-state index contributed by atoms with van der Waals surface area (Å²) >= 11 is 0. The molecule has 0 N–H and O–H groups in total. The second-order valence-corrected chi connectivity index (χ2v) is 7.53. The summed E-state index contributed by atoms with van der Waals surface area (Å²) in [7, 11) is 10.3. The molecule has 6 heteroatoms. The lowest BCUT2D eigenvalue weighted by Crippen LogP contribution is -2.35. The number of aromatic nitrogens is 2. The molecule has 0 atom stereocenters. The number of hydrogen-bond donors (Lipinski definition) is 0. The van der Waals surface area contributed by atoms with Crippen molar-refractivity contribution >= 4 is 16.9 Å². The molecule has 0 aliphatic carbocycles. The fraction of sp³-hybridized carbons (Fsp3) is 0.600. The minimum absolute atomic E-state index is 0.104. The van der Waals surface area contributed by atoms with Gasteiger partial charge in [0.1, 0.15) is 5.82 Å². The molecule has 144 valence electrons. The van der Waals surface area contributed by atoms with Gasteiger partial charge < -0.3 is 19.3 Å². The van der Waals surface area contributed by atoms with Crippen molar-refractivity contribution in [2.75, 3.05) is 54.4 Å². The van der Waals surface area contributed by atoms with Gasteiger partial charge in [0.15, 0.2) is 0 Å². The predicted molar refractivity (Wildman–Crippen MR) is 108 cm³/mol. The predicted octanol–water partition coefficient (Wildman–Crippen LogP) is 2.23. The summed E-state index contributed by atoms with van der Waals surface area (Å²) in [6, 6.07) is 5.85. The van der Waals surface area contributed by atoms with E-state index in [0.717, 1.165) is 61.4 Å². The van der Waals surface area contributed by atoms with Crippen molar-refractivity contribution in [1.29, 1.82) is 0 Å². The Morgan fingerprint density at radius 1 is 1.00 bits per heavy atom. The molecule has 0 radical (unpaired) electrons. The lowest BCUT2D eigenvalue weighted by atomic mass is 10.1. The highest BCUT2D eigenvalue weighted by Crippen LogP contribution is 2.18. The zero-order chi connectivity index (χ0) is 19.3. The molecule has 1 amide bonds. The highest BCUT2D eigenvalue weighted by molar-refractivity contribution is 5.97. The van der Waals surface area contributed by atoms with Crippen LogP contribution in [0.4, 0.5) is 0 Å². The Morgan fingerprint density at radius 3 is 2.12 bits per heavy atom. The van der Waals surface area contributed by atoms with Crippen LogP contribution in [0.1, 0.15) is 29.0 Å². The molecular weight excluding hydrogens is 326 g/mol. The van der Waals surface area contributed by atoms with Crippen molar-refractivity contribution < 1.29 is 4.79 Å². The molecule has 0 spiro atoms. The Hall–Kier alpha value is -1.92. The van der Waals surface area contributed by atoms with Crippen LogP contribution >= 0.6 is 0 Å². The number of carbonyl (C=O) groups is 1. The van der Waals surface area contributed by atoms with Gasteiger partial charge in [-0.25, -0.2) is 4.98 Å². The van der Waals surface area contributed by atoms with Gasteiger partial charge in [-0.15, -0.1) is 0 Å². The van der Waals surface area contributed by atoms with Gasteiger partial charge in [0.2, 0.25) is 0 Å². The van der Waals surface area contributed by atoms with Crippen LogP contribution in [0.5, 0.6) is 0 Å². The van der Waals surface area contributed by atoms with Gasteiger partial charge in [-0.05, 0) is 79.2 Å². The largest absolute Gasteiger partial charge is 0.339 e. The second kappa shape index (κ2) is 9.14. The van der Waals surface area contributed by atoms with Gasteiger partial charge in [-0.3, -0.25) is 4.79 Å². The van der Waals surface area contributed by atoms with Gasteiger partial charge >= 0.3 is 0 Å². The fourth-order valence-corrected chi connectivity index (χ4v) is 3.11. The third-order valence-electron chi connectivity index (χ3n) is 4.71. The van der Waals surface area contributed by atoms with E-state index in [2.05, 4.69) is 47.5 Å². The molecule has 2 rings (SSSR count). The number of amides is 1. The second-order valence-electron chi connectivity index (χ2n) is 7.53. The summed E-state index contributed by atoms with van der Waals surface area (Å²) in [6.07, 6.45) is 1.96. The standard InChI is InChI=1S/C20H33N5O/c1-16-21-18-15-17(9-10-19(18)24(16)6)20(26)25(13-7-11-22(2)3)14-8-12-23(4)5/h9-10,15H,7-8,11-14H2,1-6H3. The quantitative estimate of drug-likeness (QED) is 0.689. The van der Waals surface area contributed by atoms with Gasteiger partial charge in [-0.2, -0.15) is 0 Å². The first kappa shape index (κ1) is 20.4. The zero-order valence-electron chi connectivity index (χ0n) is 17.1. The lowest BCUT2D eigenvalue weighted by molar-refractivity contribution is 0.0745. The first-order valence-corrected chi connectivity index (χ1v) is 9.31. The van der Waals surface area contributed by atoms with E-state index < -0.39 is 0 Å². The van der Waals surface area contributed by atoms with Crippen LogP contribution in [0.15, 0.2) is 18.2 Å². The molecule has 1 heterocycles. The van der Waals surface area contributed by atoms with Crippen LogP contribution in [0, 0.1) is 6.92 Å². The van der Waals surface area contributed by atoms with E-state index in [-0.39, 0.29) is 5.91 Å². The van der Waals surface area contributed by atoms with E-state index in [9.17, 15) is 4.79 Å². The smallest absolute Gasteiger partial charge is 0.253 e. The number of fused-ring (bicyclic) bond motifs is 1. The maximum Gasteiger partial charge on any atom is 0.253 e. The zero-order valence-corrected chi connectivity index (χ0v) is 17.1. The Labute approximate surface area is 157 Å². The van der Waals surface area contributed by atoms with Crippen LogP contribution in [-0.4, -0.2) is 84.5 Å². The molecule has 2 aromatic rings. The Balaban J connectivity index is 2.14. The van der Waals surface area contributed by atoms with Crippen LogP contribution < -0.4 is 0 Å². The lowest BCUT2D eigenvalue weighted by Gasteiger charge is -2.24. The minimum Gasteiger partial charge on any atom is -0.339 e. The summed E-state index contributed by atoms with van der Waals surface area (Å²) < 4.78 is 2.05. The van der Waals surface area contributed by atoms with Crippen molar-refractivity contribution in [3.05, 3.63) is 29.6 Å². The summed E-state index contributed by atoms with van der Waals surface area (Å²) in [5.74, 6) is 1.06. The minimum atomic E-state index is 0.104. The third-order valence-corrected chi connectivity index (χ3v) is 4.71. The van der Waals surface area contributed by atoms with Crippen molar-refractivity contribution in [3.8, 4) is 0 Å². The Morgan fingerprint density at radius 2 is 1.58 bits per heavy atom. The molecule has 0 saturated carbocycles. The average molecular weight is 360 g/mol. The van der Waals surface area contributed by atoms with Crippen LogP contribution in [-0.2, 0) is 7.05 Å². The molecule has 0 aliphatic heterocycles. The number of carbonyl (C=O) groups excluding carboxylic acids is 1. The summed E-state index contributed by atoms with van der Waals surface area (Å²) in [6.45, 7) is 5.51. The first-order valence-electron chi connectivity index (χ1n) is 9.31. The molecular formula is C20H33N5O. The van der Waals surface area contributed by atoms with E-state index >= 15 is 0 Å². The van der Waals surface area contributed by atoms with E-state index in [0.29, 0.717) is 0 Å². The molecule has 6 nitrogen and oxygen atoms in total. The molecule has 26 heavy (non-hydrogen) atoms. The Kier molecular flexibility index (Phi) is 7.17. The molecule has 0 bridgehead atoms. The first-order chi connectivity index (χ1) is 12.3. The molecule has 1 aromatic heterocycles. The maximum atomic E-state index is 13.1. The van der Waals surface area contributed by atoms with E-state index in [1.807, 2.05) is 37.1 Å².